The second-order valence-electron chi connectivity index (χ2n) is 8.08. The standard InChI is InChI=1S/C20H32N6O2/c1-7-24-11-13-25(14-12-24)17(19-21-22-23-26(19)20(2,3)4)15-9-8-10-16(27-5)18(15)28-6/h8-10,17H,7,11-14H2,1-6H3. The first-order valence-corrected chi connectivity index (χ1v) is 9.86. The van der Waals surface area contributed by atoms with Crippen molar-refractivity contribution in [1.29, 1.82) is 0 Å². The van der Waals surface area contributed by atoms with Crippen molar-refractivity contribution >= 4 is 0 Å². The minimum atomic E-state index is -0.228. The van der Waals surface area contributed by atoms with Gasteiger partial charge in [-0.05, 0) is 43.8 Å². The summed E-state index contributed by atoms with van der Waals surface area (Å²) in [6.07, 6.45) is 0. The summed E-state index contributed by atoms with van der Waals surface area (Å²) in [6.45, 7) is 13.5. The van der Waals surface area contributed by atoms with Crippen LogP contribution < -0.4 is 9.47 Å². The first-order valence-electron chi connectivity index (χ1n) is 9.86. The number of aromatic nitrogens is 4. The van der Waals surface area contributed by atoms with Crippen LogP contribution in [-0.2, 0) is 5.54 Å². The van der Waals surface area contributed by atoms with Crippen LogP contribution in [0, 0.1) is 0 Å². The summed E-state index contributed by atoms with van der Waals surface area (Å²) in [5.74, 6) is 2.27. The van der Waals surface area contributed by atoms with Gasteiger partial charge in [0.2, 0.25) is 0 Å². The van der Waals surface area contributed by atoms with Crippen LogP contribution in [-0.4, -0.2) is 77.0 Å². The average molecular weight is 389 g/mol. The molecule has 1 aromatic heterocycles. The molecule has 1 aliphatic rings. The number of nitrogens with zero attached hydrogens (tertiary/aromatic N) is 6. The number of likely N-dealkylation sites (N-methyl/N-ethyl adjacent to an activating group) is 1. The summed E-state index contributed by atoms with van der Waals surface area (Å²) >= 11 is 0. The zero-order valence-electron chi connectivity index (χ0n) is 17.8. The van der Waals surface area contributed by atoms with E-state index in [9.17, 15) is 0 Å². The van der Waals surface area contributed by atoms with Gasteiger partial charge in [0.1, 0.15) is 6.04 Å². The molecule has 3 rings (SSSR count). The number of piperazine rings is 1. The van der Waals surface area contributed by atoms with Gasteiger partial charge in [0, 0.05) is 31.7 Å². The third kappa shape index (κ3) is 3.98. The predicted molar refractivity (Wildman–Crippen MR) is 108 cm³/mol. The largest absolute Gasteiger partial charge is 0.493 e. The molecule has 154 valence electrons. The van der Waals surface area contributed by atoms with Crippen molar-refractivity contribution < 1.29 is 9.47 Å². The lowest BCUT2D eigenvalue weighted by atomic mass is 10.00. The van der Waals surface area contributed by atoms with Gasteiger partial charge in [-0.3, -0.25) is 4.90 Å². The molecule has 28 heavy (non-hydrogen) atoms. The van der Waals surface area contributed by atoms with Crippen molar-refractivity contribution in [2.45, 2.75) is 39.3 Å². The molecule has 2 heterocycles. The van der Waals surface area contributed by atoms with Crippen molar-refractivity contribution in [2.24, 2.45) is 0 Å². The smallest absolute Gasteiger partial charge is 0.173 e. The molecule has 1 saturated heterocycles. The summed E-state index contributed by atoms with van der Waals surface area (Å²) in [4.78, 5) is 4.90. The van der Waals surface area contributed by atoms with Crippen LogP contribution in [0.2, 0.25) is 0 Å². The van der Waals surface area contributed by atoms with E-state index in [2.05, 4.69) is 59.1 Å². The molecule has 1 fully saturated rings. The van der Waals surface area contributed by atoms with Crippen molar-refractivity contribution in [3.05, 3.63) is 29.6 Å². The minimum absolute atomic E-state index is 0.113. The number of methoxy groups -OCH3 is 2. The lowest BCUT2D eigenvalue weighted by Gasteiger charge is -2.39. The van der Waals surface area contributed by atoms with Crippen LogP contribution in [0.4, 0.5) is 0 Å². The van der Waals surface area contributed by atoms with Crippen molar-refractivity contribution in [3.8, 4) is 11.5 Å². The molecule has 8 nitrogen and oxygen atoms in total. The number of rotatable bonds is 6. The Hall–Kier alpha value is -2.19. The fourth-order valence-corrected chi connectivity index (χ4v) is 3.81. The molecule has 0 radical (unpaired) electrons. The first kappa shape index (κ1) is 20.5. The maximum absolute atomic E-state index is 5.77. The average Bonchev–Trinajstić information content (AvgIpc) is 3.18. The van der Waals surface area contributed by atoms with Gasteiger partial charge in [-0.15, -0.1) is 5.10 Å². The quantitative estimate of drug-likeness (QED) is 0.751. The molecular formula is C20H32N6O2. The van der Waals surface area contributed by atoms with Gasteiger partial charge in [0.25, 0.3) is 0 Å². The van der Waals surface area contributed by atoms with E-state index < -0.39 is 0 Å². The van der Waals surface area contributed by atoms with Crippen LogP contribution in [0.25, 0.3) is 0 Å². The van der Waals surface area contributed by atoms with Gasteiger partial charge in [-0.25, -0.2) is 4.68 Å². The normalized spacial score (nSPS) is 17.5. The predicted octanol–water partition coefficient (Wildman–Crippen LogP) is 2.17. The van der Waals surface area contributed by atoms with E-state index >= 15 is 0 Å². The van der Waals surface area contributed by atoms with Gasteiger partial charge < -0.3 is 14.4 Å². The van der Waals surface area contributed by atoms with Gasteiger partial charge >= 0.3 is 0 Å². The van der Waals surface area contributed by atoms with Crippen LogP contribution >= 0.6 is 0 Å². The minimum Gasteiger partial charge on any atom is -0.493 e. The second kappa shape index (κ2) is 8.45. The molecule has 0 saturated carbocycles. The van der Waals surface area contributed by atoms with E-state index in [-0.39, 0.29) is 11.6 Å². The van der Waals surface area contributed by atoms with Crippen LogP contribution in [0.5, 0.6) is 11.5 Å². The molecule has 8 heteroatoms. The van der Waals surface area contributed by atoms with Crippen LogP contribution in [0.3, 0.4) is 0 Å². The SMILES string of the molecule is CCN1CCN(C(c2cccc(OC)c2OC)c2nnnn2C(C)(C)C)CC1. The number of ether oxygens (including phenoxy) is 2. The number of tetrazole rings is 1. The molecule has 0 bridgehead atoms. The van der Waals surface area contributed by atoms with E-state index in [0.717, 1.165) is 49.9 Å². The maximum atomic E-state index is 5.77. The van der Waals surface area contributed by atoms with Crippen molar-refractivity contribution in [3.63, 3.8) is 0 Å². The van der Waals surface area contributed by atoms with Gasteiger partial charge in [-0.2, -0.15) is 0 Å². The lowest BCUT2D eigenvalue weighted by molar-refractivity contribution is 0.105. The zero-order chi connectivity index (χ0) is 20.3. The van der Waals surface area contributed by atoms with E-state index in [4.69, 9.17) is 9.47 Å². The molecule has 0 amide bonds. The first-order chi connectivity index (χ1) is 13.4. The molecular weight excluding hydrogens is 356 g/mol. The summed E-state index contributed by atoms with van der Waals surface area (Å²) in [5, 5.41) is 12.8. The van der Waals surface area contributed by atoms with Gasteiger partial charge in [0.05, 0.1) is 19.8 Å². The molecule has 1 atom stereocenters. The Morgan fingerprint density at radius 1 is 1.07 bits per heavy atom. The van der Waals surface area contributed by atoms with E-state index in [1.807, 2.05) is 16.8 Å². The molecule has 0 spiro atoms. The van der Waals surface area contributed by atoms with Crippen LogP contribution in [0.15, 0.2) is 18.2 Å². The Labute approximate surface area is 167 Å². The highest BCUT2D eigenvalue weighted by molar-refractivity contribution is 5.49. The third-order valence-corrected chi connectivity index (χ3v) is 5.32. The van der Waals surface area contributed by atoms with E-state index in [1.165, 1.54) is 0 Å². The summed E-state index contributed by atoms with van der Waals surface area (Å²) in [5.41, 5.74) is 0.793. The summed E-state index contributed by atoms with van der Waals surface area (Å²) in [7, 11) is 3.34. The summed E-state index contributed by atoms with van der Waals surface area (Å²) in [6, 6.07) is 5.89. The van der Waals surface area contributed by atoms with Crippen molar-refractivity contribution in [1.82, 2.24) is 30.0 Å². The lowest BCUT2D eigenvalue weighted by Crippen LogP contribution is -2.48. The van der Waals surface area contributed by atoms with Gasteiger partial charge in [0.15, 0.2) is 17.3 Å². The number of benzene rings is 1. The Morgan fingerprint density at radius 2 is 1.79 bits per heavy atom. The van der Waals surface area contributed by atoms with E-state index in [0.29, 0.717) is 5.75 Å². The van der Waals surface area contributed by atoms with Crippen molar-refractivity contribution in [2.75, 3.05) is 46.9 Å². The topological polar surface area (TPSA) is 68.5 Å². The monoisotopic (exact) mass is 388 g/mol. The third-order valence-electron chi connectivity index (χ3n) is 5.32. The highest BCUT2D eigenvalue weighted by Gasteiger charge is 2.35. The maximum Gasteiger partial charge on any atom is 0.173 e. The Bertz CT molecular complexity index is 777. The summed E-state index contributed by atoms with van der Waals surface area (Å²) < 4.78 is 13.2. The fraction of sp³-hybridized carbons (Fsp3) is 0.650. The number of hydrogen-bond donors (Lipinski definition) is 0. The molecule has 1 aromatic carbocycles. The van der Waals surface area contributed by atoms with Gasteiger partial charge in [-0.1, -0.05) is 19.1 Å². The molecule has 2 aromatic rings. The second-order valence-corrected chi connectivity index (χ2v) is 8.08. The highest BCUT2D eigenvalue weighted by atomic mass is 16.5. The molecule has 0 N–H and O–H groups in total. The Morgan fingerprint density at radius 3 is 2.36 bits per heavy atom. The molecule has 1 aliphatic heterocycles. The van der Waals surface area contributed by atoms with Crippen LogP contribution in [0.1, 0.15) is 45.1 Å². The highest BCUT2D eigenvalue weighted by Crippen LogP contribution is 2.40. The zero-order valence-corrected chi connectivity index (χ0v) is 17.8. The van der Waals surface area contributed by atoms with E-state index in [1.54, 1.807) is 14.2 Å². The Kier molecular flexibility index (Phi) is 6.20. The molecule has 1 unspecified atom stereocenters. The fourth-order valence-electron chi connectivity index (χ4n) is 3.81. The number of hydrogen-bond acceptors (Lipinski definition) is 7. The molecule has 0 aliphatic carbocycles. The number of para-hydroxylation sites is 1. The Balaban J connectivity index is 2.11.